The van der Waals surface area contributed by atoms with E-state index in [4.69, 9.17) is 0 Å². The van der Waals surface area contributed by atoms with Crippen LogP contribution >= 0.6 is 0 Å². The highest BCUT2D eigenvalue weighted by Crippen LogP contribution is 2.49. The molecular weight excluding hydrogens is 402 g/mol. The maximum Gasteiger partial charge on any atom is 0.422 e. The van der Waals surface area contributed by atoms with Gasteiger partial charge in [0.2, 0.25) is 0 Å². The lowest BCUT2D eigenvalue weighted by atomic mass is 9.64. The van der Waals surface area contributed by atoms with Gasteiger partial charge in [0, 0.05) is 5.56 Å². The molecule has 0 N–H and O–H groups in total. The highest BCUT2D eigenvalue weighted by molar-refractivity contribution is 5.67. The molecule has 162 valence electrons. The summed E-state index contributed by atoms with van der Waals surface area (Å²) in [5.41, 5.74) is -0.334. The van der Waals surface area contributed by atoms with Crippen LogP contribution in [-0.2, 0) is 12.6 Å². The molecule has 4 rings (SSSR count). The third-order valence-electron chi connectivity index (χ3n) is 6.84. The standard InChI is InChI=1S/C24H24F6/c1-2-3-13-4-7-17-14(8-13)5-6-15-9-19(20(25)12-18(15)17)16-10-21(26)23(22(27)11-16)24(28,29)30/h9-14,17H,2-8H2,1H3. The molecule has 0 spiro atoms. The van der Waals surface area contributed by atoms with Crippen molar-refractivity contribution in [1.82, 2.24) is 0 Å². The summed E-state index contributed by atoms with van der Waals surface area (Å²) >= 11 is 0. The topological polar surface area (TPSA) is 0 Å². The summed E-state index contributed by atoms with van der Waals surface area (Å²) in [6.45, 7) is 2.19. The average molecular weight is 426 g/mol. The molecule has 3 atom stereocenters. The monoisotopic (exact) mass is 426 g/mol. The number of benzene rings is 2. The van der Waals surface area contributed by atoms with Gasteiger partial charge in [-0.1, -0.05) is 19.8 Å². The zero-order chi connectivity index (χ0) is 21.6. The Hall–Kier alpha value is -1.98. The summed E-state index contributed by atoms with van der Waals surface area (Å²) in [7, 11) is 0. The SMILES string of the molecule is CCCC1CCC2c3cc(F)c(-c4cc(F)c(C(F)(F)F)c(F)c4)cc3CCC2C1. The van der Waals surface area contributed by atoms with Gasteiger partial charge in [-0.25, -0.2) is 13.2 Å². The number of halogens is 6. The fourth-order valence-electron chi connectivity index (χ4n) is 5.52. The lowest BCUT2D eigenvalue weighted by Crippen LogP contribution is -2.28. The Bertz CT molecular complexity index is 922. The van der Waals surface area contributed by atoms with Crippen LogP contribution < -0.4 is 0 Å². The van der Waals surface area contributed by atoms with E-state index in [0.29, 0.717) is 18.1 Å². The van der Waals surface area contributed by atoms with E-state index in [1.165, 1.54) is 12.5 Å². The minimum Gasteiger partial charge on any atom is -0.206 e. The zero-order valence-corrected chi connectivity index (χ0v) is 16.8. The van der Waals surface area contributed by atoms with E-state index in [-0.39, 0.29) is 17.0 Å². The predicted molar refractivity (Wildman–Crippen MR) is 104 cm³/mol. The van der Waals surface area contributed by atoms with Gasteiger partial charge in [-0.05, 0) is 90.8 Å². The summed E-state index contributed by atoms with van der Waals surface area (Å²) < 4.78 is 81.4. The van der Waals surface area contributed by atoms with E-state index < -0.39 is 29.2 Å². The Morgan fingerprint density at radius 1 is 0.900 bits per heavy atom. The molecular formula is C24H24F6. The molecule has 0 aromatic heterocycles. The van der Waals surface area contributed by atoms with Crippen molar-refractivity contribution < 1.29 is 26.3 Å². The number of alkyl halides is 3. The Balaban J connectivity index is 1.68. The van der Waals surface area contributed by atoms with Gasteiger partial charge >= 0.3 is 6.18 Å². The second kappa shape index (κ2) is 7.93. The van der Waals surface area contributed by atoms with E-state index >= 15 is 0 Å². The van der Waals surface area contributed by atoms with Gasteiger partial charge in [0.1, 0.15) is 23.0 Å². The fourth-order valence-corrected chi connectivity index (χ4v) is 5.52. The summed E-state index contributed by atoms with van der Waals surface area (Å²) in [5, 5.41) is 0. The summed E-state index contributed by atoms with van der Waals surface area (Å²) in [6.07, 6.45) is 2.24. The average Bonchev–Trinajstić information content (AvgIpc) is 2.65. The van der Waals surface area contributed by atoms with Crippen molar-refractivity contribution in [2.45, 2.75) is 64.0 Å². The van der Waals surface area contributed by atoms with Crippen LogP contribution in [0.2, 0.25) is 0 Å². The highest BCUT2D eigenvalue weighted by Gasteiger charge is 2.39. The quantitative estimate of drug-likeness (QED) is 0.436. The first-order chi connectivity index (χ1) is 14.2. The molecule has 1 fully saturated rings. The maximum absolute atomic E-state index is 15.0. The van der Waals surface area contributed by atoms with Crippen molar-refractivity contribution in [3.05, 3.63) is 58.4 Å². The van der Waals surface area contributed by atoms with E-state index in [2.05, 4.69) is 6.92 Å². The molecule has 30 heavy (non-hydrogen) atoms. The highest BCUT2D eigenvalue weighted by atomic mass is 19.4. The molecule has 1 saturated carbocycles. The lowest BCUT2D eigenvalue weighted by Gasteiger charge is -2.41. The molecule has 0 bridgehead atoms. The first kappa shape index (κ1) is 21.3. The van der Waals surface area contributed by atoms with Gasteiger partial charge < -0.3 is 0 Å². The van der Waals surface area contributed by atoms with E-state index in [9.17, 15) is 26.3 Å². The van der Waals surface area contributed by atoms with Crippen LogP contribution in [0.3, 0.4) is 0 Å². The largest absolute Gasteiger partial charge is 0.422 e. The number of fused-ring (bicyclic) bond motifs is 3. The van der Waals surface area contributed by atoms with Crippen LogP contribution in [0.4, 0.5) is 26.3 Å². The van der Waals surface area contributed by atoms with Crippen LogP contribution in [0.15, 0.2) is 24.3 Å². The summed E-state index contributed by atoms with van der Waals surface area (Å²) in [6, 6.07) is 4.15. The van der Waals surface area contributed by atoms with Crippen molar-refractivity contribution in [2.24, 2.45) is 11.8 Å². The minimum absolute atomic E-state index is 0.0570. The molecule has 0 saturated heterocycles. The molecule has 2 aliphatic rings. The number of hydrogen-bond donors (Lipinski definition) is 0. The molecule has 2 aliphatic carbocycles. The lowest BCUT2D eigenvalue weighted by molar-refractivity contribution is -0.142. The Labute approximate surface area is 172 Å². The van der Waals surface area contributed by atoms with E-state index in [1.807, 2.05) is 0 Å². The maximum atomic E-state index is 15.0. The molecule has 2 aromatic carbocycles. The van der Waals surface area contributed by atoms with Crippen LogP contribution in [0.1, 0.15) is 68.1 Å². The van der Waals surface area contributed by atoms with Gasteiger partial charge in [0.05, 0.1) is 0 Å². The molecule has 2 aromatic rings. The third kappa shape index (κ3) is 3.85. The normalized spacial score (nSPS) is 23.8. The first-order valence-electron chi connectivity index (χ1n) is 10.6. The predicted octanol–water partition coefficient (Wildman–Crippen LogP) is 8.04. The second-order valence-electron chi connectivity index (χ2n) is 8.72. The third-order valence-corrected chi connectivity index (χ3v) is 6.84. The van der Waals surface area contributed by atoms with Crippen molar-refractivity contribution in [2.75, 3.05) is 0 Å². The van der Waals surface area contributed by atoms with Gasteiger partial charge in [0.25, 0.3) is 0 Å². The molecule has 0 amide bonds. The zero-order valence-electron chi connectivity index (χ0n) is 16.8. The summed E-state index contributed by atoms with van der Waals surface area (Å²) in [5.74, 6) is -2.59. The van der Waals surface area contributed by atoms with Gasteiger partial charge in [0.15, 0.2) is 0 Å². The molecule has 0 radical (unpaired) electrons. The smallest absolute Gasteiger partial charge is 0.206 e. The molecule has 6 heteroatoms. The van der Waals surface area contributed by atoms with Crippen molar-refractivity contribution in [3.63, 3.8) is 0 Å². The fraction of sp³-hybridized carbons (Fsp3) is 0.500. The van der Waals surface area contributed by atoms with E-state index in [0.717, 1.165) is 55.6 Å². The molecule has 0 nitrogen and oxygen atoms in total. The first-order valence-corrected chi connectivity index (χ1v) is 10.6. The van der Waals surface area contributed by atoms with Crippen molar-refractivity contribution in [1.29, 1.82) is 0 Å². The number of aryl methyl sites for hydroxylation is 1. The minimum atomic E-state index is -5.15. The van der Waals surface area contributed by atoms with Crippen LogP contribution in [-0.4, -0.2) is 0 Å². The second-order valence-corrected chi connectivity index (χ2v) is 8.72. The Morgan fingerprint density at radius 3 is 2.23 bits per heavy atom. The Morgan fingerprint density at radius 2 is 1.60 bits per heavy atom. The van der Waals surface area contributed by atoms with Crippen molar-refractivity contribution >= 4 is 0 Å². The van der Waals surface area contributed by atoms with Gasteiger partial charge in [-0.15, -0.1) is 0 Å². The Kier molecular flexibility index (Phi) is 5.62. The number of rotatable bonds is 3. The molecule has 3 unspecified atom stereocenters. The molecule has 0 heterocycles. The summed E-state index contributed by atoms with van der Waals surface area (Å²) in [4.78, 5) is 0. The van der Waals surface area contributed by atoms with Crippen molar-refractivity contribution in [3.8, 4) is 11.1 Å². The van der Waals surface area contributed by atoms with Gasteiger partial charge in [-0.2, -0.15) is 13.2 Å². The van der Waals surface area contributed by atoms with Gasteiger partial charge in [-0.3, -0.25) is 0 Å². The van der Waals surface area contributed by atoms with E-state index in [1.54, 1.807) is 6.07 Å². The van der Waals surface area contributed by atoms with Crippen LogP contribution in [0, 0.1) is 29.3 Å². The van der Waals surface area contributed by atoms with Crippen LogP contribution in [0.25, 0.3) is 11.1 Å². The van der Waals surface area contributed by atoms with Crippen LogP contribution in [0.5, 0.6) is 0 Å². The number of hydrogen-bond acceptors (Lipinski definition) is 0. The molecule has 0 aliphatic heterocycles.